The van der Waals surface area contributed by atoms with E-state index in [0.717, 1.165) is 17.7 Å². The fourth-order valence-electron chi connectivity index (χ4n) is 1.52. The number of quaternary nitrogens is 1. The van der Waals surface area contributed by atoms with E-state index in [4.69, 9.17) is 0 Å². The molecule has 0 saturated carbocycles. The Bertz CT molecular complexity index is 409. The van der Waals surface area contributed by atoms with Gasteiger partial charge in [0.05, 0.1) is 7.05 Å². The van der Waals surface area contributed by atoms with E-state index in [9.17, 15) is 0 Å². The number of nitrogens with zero attached hydrogens (tertiary/aromatic N) is 2. The van der Waals surface area contributed by atoms with Gasteiger partial charge in [-0.1, -0.05) is 24.3 Å². The highest BCUT2D eigenvalue weighted by molar-refractivity contribution is 5.61. The van der Waals surface area contributed by atoms with E-state index in [1.165, 1.54) is 5.56 Å². The SMILES string of the molecule is C[NH2+]Cc1ccc(-c2cncnc2)cc1. The van der Waals surface area contributed by atoms with Crippen molar-refractivity contribution in [2.75, 3.05) is 7.05 Å². The van der Waals surface area contributed by atoms with E-state index in [1.807, 2.05) is 12.4 Å². The first-order valence-corrected chi connectivity index (χ1v) is 5.02. The van der Waals surface area contributed by atoms with Gasteiger partial charge in [0, 0.05) is 23.5 Å². The lowest BCUT2D eigenvalue weighted by atomic mass is 10.1. The normalized spacial score (nSPS) is 10.2. The Labute approximate surface area is 89.2 Å². The first-order chi connectivity index (χ1) is 7.40. The molecule has 15 heavy (non-hydrogen) atoms. The topological polar surface area (TPSA) is 42.4 Å². The third-order valence-corrected chi connectivity index (χ3v) is 2.29. The summed E-state index contributed by atoms with van der Waals surface area (Å²) in [6, 6.07) is 8.50. The molecule has 0 amide bonds. The van der Waals surface area contributed by atoms with Crippen molar-refractivity contribution in [2.45, 2.75) is 6.54 Å². The van der Waals surface area contributed by atoms with Crippen LogP contribution in [0.15, 0.2) is 43.0 Å². The highest BCUT2D eigenvalue weighted by atomic mass is 14.8. The van der Waals surface area contributed by atoms with E-state index in [0.29, 0.717) is 0 Å². The number of hydrogen-bond acceptors (Lipinski definition) is 2. The van der Waals surface area contributed by atoms with Gasteiger partial charge in [-0.2, -0.15) is 0 Å². The van der Waals surface area contributed by atoms with Gasteiger partial charge in [0.25, 0.3) is 0 Å². The fraction of sp³-hybridized carbons (Fsp3) is 0.167. The van der Waals surface area contributed by atoms with Crippen LogP contribution in [-0.2, 0) is 6.54 Å². The van der Waals surface area contributed by atoms with Crippen LogP contribution >= 0.6 is 0 Å². The summed E-state index contributed by atoms with van der Waals surface area (Å²) in [5.41, 5.74) is 3.55. The van der Waals surface area contributed by atoms with Gasteiger partial charge < -0.3 is 5.32 Å². The minimum Gasteiger partial charge on any atom is -0.345 e. The van der Waals surface area contributed by atoms with Gasteiger partial charge in [0.1, 0.15) is 12.9 Å². The Morgan fingerprint density at radius 1 is 1.00 bits per heavy atom. The van der Waals surface area contributed by atoms with Gasteiger partial charge in [-0.25, -0.2) is 9.97 Å². The molecule has 1 aromatic heterocycles. The maximum atomic E-state index is 4.00. The van der Waals surface area contributed by atoms with Crippen molar-refractivity contribution in [2.24, 2.45) is 0 Å². The van der Waals surface area contributed by atoms with Gasteiger partial charge >= 0.3 is 0 Å². The Balaban J connectivity index is 2.24. The average molecular weight is 200 g/mol. The van der Waals surface area contributed by atoms with Crippen LogP contribution in [-0.4, -0.2) is 17.0 Å². The lowest BCUT2D eigenvalue weighted by Gasteiger charge is -2.01. The second kappa shape index (κ2) is 4.66. The molecular weight excluding hydrogens is 186 g/mol. The van der Waals surface area contributed by atoms with E-state index >= 15 is 0 Å². The molecule has 0 aliphatic heterocycles. The van der Waals surface area contributed by atoms with Crippen LogP contribution in [0.25, 0.3) is 11.1 Å². The minimum absolute atomic E-state index is 1.02. The molecule has 1 heterocycles. The van der Waals surface area contributed by atoms with Crippen molar-refractivity contribution in [1.29, 1.82) is 0 Å². The number of benzene rings is 1. The van der Waals surface area contributed by atoms with Crippen LogP contribution in [0, 0.1) is 0 Å². The molecular formula is C12H14N3+. The summed E-state index contributed by atoms with van der Waals surface area (Å²) in [6.07, 6.45) is 5.20. The van der Waals surface area contributed by atoms with Crippen LogP contribution in [0.2, 0.25) is 0 Å². The molecule has 0 bridgehead atoms. The monoisotopic (exact) mass is 200 g/mol. The van der Waals surface area contributed by atoms with E-state index < -0.39 is 0 Å². The van der Waals surface area contributed by atoms with Gasteiger partial charge in [-0.05, 0) is 5.56 Å². The van der Waals surface area contributed by atoms with Crippen LogP contribution in [0.3, 0.4) is 0 Å². The molecule has 2 N–H and O–H groups in total. The number of nitrogens with two attached hydrogens (primary N) is 1. The summed E-state index contributed by atoms with van der Waals surface area (Å²) in [6.45, 7) is 1.02. The summed E-state index contributed by atoms with van der Waals surface area (Å²) < 4.78 is 0. The second-order valence-corrected chi connectivity index (χ2v) is 3.44. The molecule has 76 valence electrons. The van der Waals surface area contributed by atoms with Crippen molar-refractivity contribution in [3.63, 3.8) is 0 Å². The highest BCUT2D eigenvalue weighted by Gasteiger charge is 1.98. The molecule has 0 unspecified atom stereocenters. The Kier molecular flexibility index (Phi) is 3.05. The first kappa shape index (κ1) is 9.80. The molecule has 3 heteroatoms. The summed E-state index contributed by atoms with van der Waals surface area (Å²) in [5, 5.41) is 2.15. The Morgan fingerprint density at radius 2 is 1.67 bits per heavy atom. The quantitative estimate of drug-likeness (QED) is 0.797. The zero-order chi connectivity index (χ0) is 10.5. The van der Waals surface area contributed by atoms with Gasteiger partial charge in [-0.15, -0.1) is 0 Å². The summed E-state index contributed by atoms with van der Waals surface area (Å²) in [5.74, 6) is 0. The summed E-state index contributed by atoms with van der Waals surface area (Å²) in [4.78, 5) is 8.01. The molecule has 1 aromatic carbocycles. The van der Waals surface area contributed by atoms with E-state index in [-0.39, 0.29) is 0 Å². The predicted octanol–water partition coefficient (Wildman–Crippen LogP) is 0.837. The smallest absolute Gasteiger partial charge is 0.115 e. The molecule has 3 nitrogen and oxygen atoms in total. The van der Waals surface area contributed by atoms with Crippen molar-refractivity contribution >= 4 is 0 Å². The molecule has 0 aliphatic carbocycles. The lowest BCUT2D eigenvalue weighted by molar-refractivity contribution is -0.643. The average Bonchev–Trinajstić information content (AvgIpc) is 2.32. The number of hydrogen-bond donors (Lipinski definition) is 1. The maximum absolute atomic E-state index is 4.00. The standard InChI is InChI=1S/C12H13N3/c1-13-6-10-2-4-11(5-3-10)12-7-14-9-15-8-12/h2-5,7-9,13H,6H2,1H3/p+1. The van der Waals surface area contributed by atoms with Crippen molar-refractivity contribution in [1.82, 2.24) is 9.97 Å². The largest absolute Gasteiger partial charge is 0.345 e. The molecule has 2 rings (SSSR count). The third-order valence-electron chi connectivity index (χ3n) is 2.29. The highest BCUT2D eigenvalue weighted by Crippen LogP contribution is 2.17. The molecule has 0 saturated heterocycles. The maximum Gasteiger partial charge on any atom is 0.115 e. The zero-order valence-corrected chi connectivity index (χ0v) is 8.72. The lowest BCUT2D eigenvalue weighted by Crippen LogP contribution is -2.77. The van der Waals surface area contributed by atoms with Crippen molar-refractivity contribution in [3.8, 4) is 11.1 Å². The first-order valence-electron chi connectivity index (χ1n) is 5.02. The molecule has 0 spiro atoms. The number of aromatic nitrogens is 2. The van der Waals surface area contributed by atoms with Crippen LogP contribution in [0.1, 0.15) is 5.56 Å². The van der Waals surface area contributed by atoms with Crippen LogP contribution in [0.4, 0.5) is 0 Å². The molecule has 0 atom stereocenters. The third kappa shape index (κ3) is 2.39. The molecule has 0 radical (unpaired) electrons. The van der Waals surface area contributed by atoms with Crippen LogP contribution in [0.5, 0.6) is 0 Å². The van der Waals surface area contributed by atoms with Crippen LogP contribution < -0.4 is 5.32 Å². The summed E-state index contributed by atoms with van der Waals surface area (Å²) >= 11 is 0. The second-order valence-electron chi connectivity index (χ2n) is 3.44. The molecule has 0 aliphatic rings. The van der Waals surface area contributed by atoms with Gasteiger partial charge in [0.2, 0.25) is 0 Å². The van der Waals surface area contributed by atoms with Crippen molar-refractivity contribution in [3.05, 3.63) is 48.5 Å². The predicted molar refractivity (Wildman–Crippen MR) is 59.0 cm³/mol. The molecule has 2 aromatic rings. The Hall–Kier alpha value is -1.74. The Morgan fingerprint density at radius 3 is 2.27 bits per heavy atom. The zero-order valence-electron chi connectivity index (χ0n) is 8.72. The fourth-order valence-corrected chi connectivity index (χ4v) is 1.52. The van der Waals surface area contributed by atoms with Gasteiger partial charge in [0.15, 0.2) is 0 Å². The van der Waals surface area contributed by atoms with Crippen molar-refractivity contribution < 1.29 is 5.32 Å². The minimum atomic E-state index is 1.02. The molecule has 0 fully saturated rings. The van der Waals surface area contributed by atoms with Gasteiger partial charge in [-0.3, -0.25) is 0 Å². The van der Waals surface area contributed by atoms with E-state index in [2.05, 4.69) is 46.6 Å². The number of rotatable bonds is 3. The van der Waals surface area contributed by atoms with E-state index in [1.54, 1.807) is 6.33 Å². The summed E-state index contributed by atoms with van der Waals surface area (Å²) in [7, 11) is 2.07.